The number of nitrogens with zero attached hydrogens (tertiary/aromatic N) is 2. The maximum atomic E-state index is 12.8. The number of rotatable bonds is 26. The van der Waals surface area contributed by atoms with Crippen molar-refractivity contribution >= 4 is 11.8 Å². The first-order valence-electron chi connectivity index (χ1n) is 15.3. The Balaban J connectivity index is 4.75. The van der Waals surface area contributed by atoms with Gasteiger partial charge in [0.15, 0.2) is 0 Å². The number of amides is 2. The second kappa shape index (κ2) is 23.9. The summed E-state index contributed by atoms with van der Waals surface area (Å²) in [5, 5.41) is 0. The second-order valence-electron chi connectivity index (χ2n) is 11.4. The SMILES string of the molecule is CCCCCCCCCCOCC(CCCCCCOCCCCC)(CC(=O)N(C)C)CC(=O)N(C)C. The standard InChI is InChI=1S/C31H62N2O4/c1-7-9-11-12-13-14-16-21-25-37-28-31(26-29(34)32(3)4,27-30(35)33(5)6)22-18-15-17-20-24-36-23-19-10-8-2/h7-28H2,1-6H3. The highest BCUT2D eigenvalue weighted by atomic mass is 16.5. The van der Waals surface area contributed by atoms with Gasteiger partial charge in [0, 0.05) is 66.3 Å². The van der Waals surface area contributed by atoms with Crippen LogP contribution in [0.1, 0.15) is 129 Å². The maximum absolute atomic E-state index is 12.8. The van der Waals surface area contributed by atoms with Crippen molar-refractivity contribution in [3.63, 3.8) is 0 Å². The van der Waals surface area contributed by atoms with Gasteiger partial charge in [-0.1, -0.05) is 90.9 Å². The molecule has 0 aromatic carbocycles. The molecule has 0 radical (unpaired) electrons. The fraction of sp³-hybridized carbons (Fsp3) is 0.935. The Morgan fingerprint density at radius 1 is 0.541 bits per heavy atom. The van der Waals surface area contributed by atoms with Gasteiger partial charge < -0.3 is 19.3 Å². The summed E-state index contributed by atoms with van der Waals surface area (Å²) in [7, 11) is 7.18. The Morgan fingerprint density at radius 3 is 1.41 bits per heavy atom. The number of unbranched alkanes of at least 4 members (excludes halogenated alkanes) is 12. The highest BCUT2D eigenvalue weighted by Gasteiger charge is 2.36. The molecule has 0 aromatic rings. The smallest absolute Gasteiger partial charge is 0.222 e. The minimum atomic E-state index is -0.445. The van der Waals surface area contributed by atoms with Gasteiger partial charge in [0.05, 0.1) is 6.61 Å². The van der Waals surface area contributed by atoms with Crippen molar-refractivity contribution in [2.24, 2.45) is 5.41 Å². The zero-order chi connectivity index (χ0) is 27.8. The lowest BCUT2D eigenvalue weighted by molar-refractivity contribution is -0.137. The predicted octanol–water partition coefficient (Wildman–Crippen LogP) is 7.24. The Labute approximate surface area is 230 Å². The highest BCUT2D eigenvalue weighted by Crippen LogP contribution is 2.35. The van der Waals surface area contributed by atoms with Crippen LogP contribution in [0.5, 0.6) is 0 Å². The number of hydrogen-bond acceptors (Lipinski definition) is 4. The van der Waals surface area contributed by atoms with Crippen LogP contribution in [-0.4, -0.2) is 76.2 Å². The summed E-state index contributed by atoms with van der Waals surface area (Å²) in [4.78, 5) is 28.9. The van der Waals surface area contributed by atoms with Gasteiger partial charge in [-0.25, -0.2) is 0 Å². The first kappa shape index (κ1) is 35.9. The van der Waals surface area contributed by atoms with E-state index in [1.165, 1.54) is 57.8 Å². The minimum Gasteiger partial charge on any atom is -0.381 e. The van der Waals surface area contributed by atoms with E-state index in [0.29, 0.717) is 26.1 Å². The molecule has 2 amide bonds. The van der Waals surface area contributed by atoms with Gasteiger partial charge in [-0.2, -0.15) is 0 Å². The lowest BCUT2D eigenvalue weighted by atomic mass is 9.76. The first-order chi connectivity index (χ1) is 17.8. The monoisotopic (exact) mass is 526 g/mol. The lowest BCUT2D eigenvalue weighted by Gasteiger charge is -2.34. The van der Waals surface area contributed by atoms with Crippen molar-refractivity contribution in [1.29, 1.82) is 0 Å². The third-order valence-electron chi connectivity index (χ3n) is 7.24. The molecule has 0 aromatic heterocycles. The van der Waals surface area contributed by atoms with E-state index in [1.54, 1.807) is 38.0 Å². The zero-order valence-electron chi connectivity index (χ0n) is 25.6. The molecule has 37 heavy (non-hydrogen) atoms. The first-order valence-corrected chi connectivity index (χ1v) is 15.3. The fourth-order valence-corrected chi connectivity index (χ4v) is 4.61. The molecule has 0 saturated heterocycles. The van der Waals surface area contributed by atoms with E-state index in [-0.39, 0.29) is 11.8 Å². The molecule has 0 bridgehead atoms. The van der Waals surface area contributed by atoms with Crippen LogP contribution >= 0.6 is 0 Å². The molecule has 6 heteroatoms. The van der Waals surface area contributed by atoms with Crippen molar-refractivity contribution < 1.29 is 19.1 Å². The molecular weight excluding hydrogens is 464 g/mol. The molecule has 0 aliphatic heterocycles. The molecule has 220 valence electrons. The molecule has 0 rings (SSSR count). The van der Waals surface area contributed by atoms with Crippen LogP contribution < -0.4 is 0 Å². The minimum absolute atomic E-state index is 0.0720. The molecule has 6 nitrogen and oxygen atoms in total. The van der Waals surface area contributed by atoms with Crippen molar-refractivity contribution in [2.45, 2.75) is 129 Å². The summed E-state index contributed by atoms with van der Waals surface area (Å²) < 4.78 is 11.9. The summed E-state index contributed by atoms with van der Waals surface area (Å²) in [6.45, 7) is 7.34. The molecule has 0 atom stereocenters. The van der Waals surface area contributed by atoms with Gasteiger partial charge in [0.2, 0.25) is 11.8 Å². The summed E-state index contributed by atoms with van der Waals surface area (Å²) in [5.41, 5.74) is -0.445. The lowest BCUT2D eigenvalue weighted by Crippen LogP contribution is -2.39. The average Bonchev–Trinajstić information content (AvgIpc) is 2.86. The molecule has 0 heterocycles. The molecule has 0 unspecified atom stereocenters. The van der Waals surface area contributed by atoms with Gasteiger partial charge in [0.25, 0.3) is 0 Å². The zero-order valence-corrected chi connectivity index (χ0v) is 25.6. The Bertz CT molecular complexity index is 503. The highest BCUT2D eigenvalue weighted by molar-refractivity contribution is 5.80. The van der Waals surface area contributed by atoms with Gasteiger partial charge in [-0.05, 0) is 25.7 Å². The Morgan fingerprint density at radius 2 is 0.919 bits per heavy atom. The van der Waals surface area contributed by atoms with Gasteiger partial charge >= 0.3 is 0 Å². The Kier molecular flexibility index (Phi) is 23.2. The fourth-order valence-electron chi connectivity index (χ4n) is 4.61. The topological polar surface area (TPSA) is 59.1 Å². The normalized spacial score (nSPS) is 11.6. The van der Waals surface area contributed by atoms with Crippen LogP contribution in [0.4, 0.5) is 0 Å². The van der Waals surface area contributed by atoms with Gasteiger partial charge in [0.1, 0.15) is 0 Å². The van der Waals surface area contributed by atoms with E-state index in [4.69, 9.17) is 9.47 Å². The van der Waals surface area contributed by atoms with Crippen LogP contribution in [0.2, 0.25) is 0 Å². The molecule has 0 fully saturated rings. The van der Waals surface area contributed by atoms with E-state index in [9.17, 15) is 9.59 Å². The summed E-state index contributed by atoms with van der Waals surface area (Å²) >= 11 is 0. The third-order valence-corrected chi connectivity index (χ3v) is 7.24. The molecule has 0 aliphatic carbocycles. The van der Waals surface area contributed by atoms with Crippen LogP contribution in [0.3, 0.4) is 0 Å². The van der Waals surface area contributed by atoms with Gasteiger partial charge in [-0.15, -0.1) is 0 Å². The number of carbonyl (C=O) groups is 2. The van der Waals surface area contributed by atoms with Crippen LogP contribution in [-0.2, 0) is 19.1 Å². The quantitative estimate of drug-likeness (QED) is 0.111. The van der Waals surface area contributed by atoms with Crippen molar-refractivity contribution in [3.05, 3.63) is 0 Å². The maximum Gasteiger partial charge on any atom is 0.222 e. The van der Waals surface area contributed by atoms with Crippen LogP contribution in [0.25, 0.3) is 0 Å². The van der Waals surface area contributed by atoms with Crippen molar-refractivity contribution in [1.82, 2.24) is 9.80 Å². The van der Waals surface area contributed by atoms with E-state index in [0.717, 1.165) is 58.2 Å². The van der Waals surface area contributed by atoms with Gasteiger partial charge in [-0.3, -0.25) is 9.59 Å². The summed E-state index contributed by atoms with van der Waals surface area (Å²) in [5.74, 6) is 0.144. The van der Waals surface area contributed by atoms with E-state index < -0.39 is 5.41 Å². The molecule has 0 saturated carbocycles. The van der Waals surface area contributed by atoms with E-state index in [2.05, 4.69) is 13.8 Å². The van der Waals surface area contributed by atoms with E-state index >= 15 is 0 Å². The number of carbonyl (C=O) groups excluding carboxylic acids is 2. The average molecular weight is 527 g/mol. The second-order valence-corrected chi connectivity index (χ2v) is 11.4. The van der Waals surface area contributed by atoms with E-state index in [1.807, 2.05) is 0 Å². The van der Waals surface area contributed by atoms with Crippen molar-refractivity contribution in [2.75, 3.05) is 54.6 Å². The summed E-state index contributed by atoms with van der Waals surface area (Å²) in [6, 6.07) is 0. The van der Waals surface area contributed by atoms with Crippen LogP contribution in [0, 0.1) is 5.41 Å². The largest absolute Gasteiger partial charge is 0.381 e. The number of hydrogen-bond donors (Lipinski definition) is 0. The third kappa shape index (κ3) is 20.5. The summed E-state index contributed by atoms with van der Waals surface area (Å²) in [6.07, 6.45) is 19.6. The predicted molar refractivity (Wildman–Crippen MR) is 156 cm³/mol. The molecule has 0 aliphatic rings. The molecule has 0 spiro atoms. The van der Waals surface area contributed by atoms with Crippen molar-refractivity contribution in [3.8, 4) is 0 Å². The molecule has 0 N–H and O–H groups in total. The molecular formula is C31H62N2O4. The van der Waals surface area contributed by atoms with Crippen LogP contribution in [0.15, 0.2) is 0 Å². The Hall–Kier alpha value is -1.14. The number of ether oxygens (including phenoxy) is 2.